The molecule has 0 bridgehead atoms. The van der Waals surface area contributed by atoms with Crippen molar-refractivity contribution in [3.05, 3.63) is 42.4 Å². The number of fused-ring (bicyclic) bond motifs is 1. The summed E-state index contributed by atoms with van der Waals surface area (Å²) in [4.78, 5) is 17.5. The van der Waals surface area contributed by atoms with Gasteiger partial charge in [0.15, 0.2) is 0 Å². The van der Waals surface area contributed by atoms with Crippen LogP contribution in [-0.2, 0) is 11.2 Å². The molecule has 2 heterocycles. The minimum Gasteiger partial charge on any atom is -0.378 e. The molecule has 19 heavy (non-hydrogen) atoms. The summed E-state index contributed by atoms with van der Waals surface area (Å²) < 4.78 is 5.27. The summed E-state index contributed by atoms with van der Waals surface area (Å²) in [5.41, 5.74) is 2.88. The van der Waals surface area contributed by atoms with Gasteiger partial charge in [0.2, 0.25) is 0 Å². The van der Waals surface area contributed by atoms with Crippen molar-refractivity contribution >= 4 is 16.8 Å². The van der Waals surface area contributed by atoms with Gasteiger partial charge in [-0.15, -0.1) is 0 Å². The molecule has 1 amide bonds. The van der Waals surface area contributed by atoms with Crippen molar-refractivity contribution in [3.8, 4) is 0 Å². The maximum absolute atomic E-state index is 12.4. The number of carbonyl (C=O) groups excluding carboxylic acids is 1. The van der Waals surface area contributed by atoms with Crippen molar-refractivity contribution in [2.45, 2.75) is 6.42 Å². The molecule has 1 fully saturated rings. The lowest BCUT2D eigenvalue weighted by atomic mass is 10.1. The molecule has 3 rings (SSSR count). The number of benzene rings is 1. The largest absolute Gasteiger partial charge is 0.378 e. The highest BCUT2D eigenvalue weighted by atomic mass is 16.5. The van der Waals surface area contributed by atoms with E-state index in [4.69, 9.17) is 4.74 Å². The van der Waals surface area contributed by atoms with Gasteiger partial charge >= 0.3 is 0 Å². The average Bonchev–Trinajstić information content (AvgIpc) is 2.89. The number of amides is 1. The lowest BCUT2D eigenvalue weighted by Crippen LogP contribution is -2.40. The Hall–Kier alpha value is -1.81. The Morgan fingerprint density at radius 1 is 1.32 bits per heavy atom. The minimum atomic E-state index is 0.0857. The summed E-state index contributed by atoms with van der Waals surface area (Å²) in [6.45, 7) is 6.47. The first-order valence-electron chi connectivity index (χ1n) is 6.56. The second-order valence-corrected chi connectivity index (χ2v) is 4.75. The maximum atomic E-state index is 12.4. The van der Waals surface area contributed by atoms with Crippen LogP contribution in [0.2, 0.25) is 0 Å². The number of aromatic nitrogens is 1. The molecule has 4 nitrogen and oxygen atoms in total. The SMILES string of the molecule is [CH2]Cc1cc2cc(C(=O)N3CCOCC3)ccc2[nH]1. The summed E-state index contributed by atoms with van der Waals surface area (Å²) in [6.07, 6.45) is 0.724. The maximum Gasteiger partial charge on any atom is 0.254 e. The van der Waals surface area contributed by atoms with Gasteiger partial charge in [-0.25, -0.2) is 0 Å². The second kappa shape index (κ2) is 5.05. The smallest absolute Gasteiger partial charge is 0.254 e. The predicted molar refractivity (Wildman–Crippen MR) is 74.1 cm³/mol. The van der Waals surface area contributed by atoms with Crippen LogP contribution in [0.25, 0.3) is 10.9 Å². The van der Waals surface area contributed by atoms with Gasteiger partial charge in [0, 0.05) is 35.2 Å². The fourth-order valence-corrected chi connectivity index (χ4v) is 2.41. The summed E-state index contributed by atoms with van der Waals surface area (Å²) in [5, 5.41) is 1.07. The molecule has 1 aromatic heterocycles. The highest BCUT2D eigenvalue weighted by molar-refractivity contribution is 5.98. The van der Waals surface area contributed by atoms with Crippen LogP contribution in [0, 0.1) is 6.92 Å². The molecule has 0 spiro atoms. The number of rotatable bonds is 2. The number of nitrogens with one attached hydrogen (secondary N) is 1. The standard InChI is InChI=1S/C15H17N2O2/c1-2-13-10-12-9-11(3-4-14(12)16-13)15(18)17-5-7-19-8-6-17/h3-4,9-10,16H,1-2,5-8H2. The molecule has 1 radical (unpaired) electrons. The normalized spacial score (nSPS) is 15.9. The number of H-pyrrole nitrogens is 1. The van der Waals surface area contributed by atoms with Crippen LogP contribution in [0.15, 0.2) is 24.3 Å². The van der Waals surface area contributed by atoms with Gasteiger partial charge in [0.25, 0.3) is 5.91 Å². The molecule has 1 N–H and O–H groups in total. The van der Waals surface area contributed by atoms with Crippen molar-refractivity contribution < 1.29 is 9.53 Å². The van der Waals surface area contributed by atoms with E-state index in [9.17, 15) is 4.79 Å². The van der Waals surface area contributed by atoms with E-state index in [0.29, 0.717) is 26.3 Å². The molecule has 0 unspecified atom stereocenters. The third kappa shape index (κ3) is 2.36. The number of hydrogen-bond donors (Lipinski definition) is 1. The highest BCUT2D eigenvalue weighted by Gasteiger charge is 2.18. The Labute approximate surface area is 112 Å². The summed E-state index contributed by atoms with van der Waals surface area (Å²) >= 11 is 0. The Bertz CT molecular complexity index is 597. The van der Waals surface area contributed by atoms with Crippen LogP contribution in [0.5, 0.6) is 0 Å². The van der Waals surface area contributed by atoms with Crippen molar-refractivity contribution in [1.82, 2.24) is 9.88 Å². The molecule has 1 aliphatic heterocycles. The molecule has 4 heteroatoms. The molecule has 1 saturated heterocycles. The Morgan fingerprint density at radius 3 is 2.84 bits per heavy atom. The van der Waals surface area contributed by atoms with Crippen molar-refractivity contribution in [3.63, 3.8) is 0 Å². The van der Waals surface area contributed by atoms with E-state index in [1.165, 1.54) is 0 Å². The molecular formula is C15H17N2O2. The third-order valence-electron chi connectivity index (χ3n) is 3.49. The van der Waals surface area contributed by atoms with E-state index < -0.39 is 0 Å². The van der Waals surface area contributed by atoms with Crippen LogP contribution < -0.4 is 0 Å². The lowest BCUT2D eigenvalue weighted by Gasteiger charge is -2.26. The molecule has 1 aromatic carbocycles. The van der Waals surface area contributed by atoms with E-state index in [0.717, 1.165) is 28.6 Å². The van der Waals surface area contributed by atoms with Gasteiger partial charge in [-0.05, 0) is 37.6 Å². The number of carbonyl (C=O) groups is 1. The molecule has 1 aliphatic rings. The molecule has 0 atom stereocenters. The number of morpholine rings is 1. The molecule has 0 saturated carbocycles. The first kappa shape index (κ1) is 12.2. The quantitative estimate of drug-likeness (QED) is 0.894. The van der Waals surface area contributed by atoms with E-state index in [1.807, 2.05) is 23.1 Å². The Balaban J connectivity index is 1.89. The van der Waals surface area contributed by atoms with Gasteiger partial charge in [0.1, 0.15) is 0 Å². The Kier molecular flexibility index (Phi) is 3.25. The van der Waals surface area contributed by atoms with Gasteiger partial charge < -0.3 is 14.6 Å². The third-order valence-corrected chi connectivity index (χ3v) is 3.49. The Morgan fingerprint density at radius 2 is 2.11 bits per heavy atom. The van der Waals surface area contributed by atoms with Crippen molar-refractivity contribution in [2.75, 3.05) is 26.3 Å². The number of nitrogens with zero attached hydrogens (tertiary/aromatic N) is 1. The summed E-state index contributed by atoms with van der Waals surface area (Å²) in [7, 11) is 0. The monoisotopic (exact) mass is 257 g/mol. The fourth-order valence-electron chi connectivity index (χ4n) is 2.41. The van der Waals surface area contributed by atoms with Crippen molar-refractivity contribution in [1.29, 1.82) is 0 Å². The number of hydrogen-bond acceptors (Lipinski definition) is 2. The van der Waals surface area contributed by atoms with Crippen LogP contribution in [0.1, 0.15) is 16.1 Å². The van der Waals surface area contributed by atoms with Crippen molar-refractivity contribution in [2.24, 2.45) is 0 Å². The van der Waals surface area contributed by atoms with Gasteiger partial charge in [-0.3, -0.25) is 4.79 Å². The van der Waals surface area contributed by atoms with E-state index in [1.54, 1.807) is 0 Å². The average molecular weight is 257 g/mol. The lowest BCUT2D eigenvalue weighted by molar-refractivity contribution is 0.0303. The van der Waals surface area contributed by atoms with Crippen LogP contribution in [-0.4, -0.2) is 42.1 Å². The second-order valence-electron chi connectivity index (χ2n) is 4.75. The number of ether oxygens (including phenoxy) is 1. The van der Waals surface area contributed by atoms with E-state index >= 15 is 0 Å². The molecule has 0 aliphatic carbocycles. The molecular weight excluding hydrogens is 240 g/mol. The van der Waals surface area contributed by atoms with E-state index in [2.05, 4.69) is 18.0 Å². The zero-order valence-electron chi connectivity index (χ0n) is 10.8. The van der Waals surface area contributed by atoms with Crippen LogP contribution in [0.3, 0.4) is 0 Å². The molecule has 2 aromatic rings. The summed E-state index contributed by atoms with van der Waals surface area (Å²) in [6, 6.07) is 7.84. The van der Waals surface area contributed by atoms with Gasteiger partial charge in [0.05, 0.1) is 13.2 Å². The van der Waals surface area contributed by atoms with Crippen LogP contribution in [0.4, 0.5) is 0 Å². The fraction of sp³-hybridized carbons (Fsp3) is 0.333. The highest BCUT2D eigenvalue weighted by Crippen LogP contribution is 2.19. The van der Waals surface area contributed by atoms with Crippen LogP contribution >= 0.6 is 0 Å². The van der Waals surface area contributed by atoms with Gasteiger partial charge in [-0.1, -0.05) is 0 Å². The van der Waals surface area contributed by atoms with E-state index in [-0.39, 0.29) is 5.91 Å². The topological polar surface area (TPSA) is 45.3 Å². The zero-order valence-corrected chi connectivity index (χ0v) is 10.8. The van der Waals surface area contributed by atoms with Gasteiger partial charge in [-0.2, -0.15) is 0 Å². The first-order valence-corrected chi connectivity index (χ1v) is 6.56. The zero-order chi connectivity index (χ0) is 13.2. The minimum absolute atomic E-state index is 0.0857. The predicted octanol–water partition coefficient (Wildman–Crippen LogP) is 2.02. The molecule has 99 valence electrons. The first-order chi connectivity index (χ1) is 9.28. The number of aromatic amines is 1. The summed E-state index contributed by atoms with van der Waals surface area (Å²) in [5.74, 6) is 0.0857.